The van der Waals surface area contributed by atoms with E-state index in [2.05, 4.69) is 30.4 Å². The standard InChI is InChI=1S/C29H33/c1-2-4-6-8-10-12-14-16-18-20-22-24-26-28-29-27-25-23-21-19-17-15-13-11-9-7-5-3-1/h1-23H,24,26-29H2/b2-1-,5-3-,6-4+,9-7-,10-8-,13-11-,14-12-,17-15-,18-16-,21-19-,22-20-,25-23?. The van der Waals surface area contributed by atoms with Gasteiger partial charge in [0, 0.05) is 0 Å². The predicted molar refractivity (Wildman–Crippen MR) is 131 cm³/mol. The van der Waals surface area contributed by atoms with Gasteiger partial charge in [-0.05, 0) is 31.8 Å². The first-order valence-electron chi connectivity index (χ1n) is 10.4. The first kappa shape index (κ1) is 23.9. The summed E-state index contributed by atoms with van der Waals surface area (Å²) in [6, 6.07) is 0. The van der Waals surface area contributed by atoms with Gasteiger partial charge in [-0.15, -0.1) is 0 Å². The average molecular weight is 382 g/mol. The first-order chi connectivity index (χ1) is 14.5. The van der Waals surface area contributed by atoms with E-state index < -0.39 is 0 Å². The van der Waals surface area contributed by atoms with Crippen LogP contribution in [0.5, 0.6) is 0 Å². The minimum atomic E-state index is 1.03. The zero-order valence-electron chi connectivity index (χ0n) is 17.3. The van der Waals surface area contributed by atoms with Crippen molar-refractivity contribution in [1.29, 1.82) is 0 Å². The largest absolute Gasteiger partial charge is 0.0845 e. The van der Waals surface area contributed by atoms with Crippen molar-refractivity contribution in [1.82, 2.24) is 0 Å². The summed E-state index contributed by atoms with van der Waals surface area (Å²) in [5.41, 5.74) is 0. The predicted octanol–water partition coefficient (Wildman–Crippen LogP) is 8.43. The van der Waals surface area contributed by atoms with Crippen LogP contribution in [0.2, 0.25) is 0 Å². The summed E-state index contributed by atoms with van der Waals surface area (Å²) in [5, 5.41) is 0. The molecule has 149 valence electrons. The molecule has 0 saturated carbocycles. The van der Waals surface area contributed by atoms with Gasteiger partial charge in [-0.25, -0.2) is 0 Å². The van der Waals surface area contributed by atoms with E-state index in [1.807, 2.05) is 115 Å². The average Bonchev–Trinajstić information content (AvgIpc) is 2.73. The second-order valence-electron chi connectivity index (χ2n) is 6.25. The molecular formula is C29H33. The molecule has 0 atom stereocenters. The number of rotatable bonds is 0. The Balaban J connectivity index is 2.53. The van der Waals surface area contributed by atoms with E-state index in [1.165, 1.54) is 19.3 Å². The van der Waals surface area contributed by atoms with Gasteiger partial charge in [0.25, 0.3) is 0 Å². The molecule has 1 rings (SSSR count). The molecule has 29 heavy (non-hydrogen) atoms. The molecular weight excluding hydrogens is 348 g/mol. The van der Waals surface area contributed by atoms with Crippen LogP contribution in [-0.4, -0.2) is 0 Å². The lowest BCUT2D eigenvalue weighted by Crippen LogP contribution is -1.74. The van der Waals surface area contributed by atoms with E-state index in [9.17, 15) is 0 Å². The maximum atomic E-state index is 3.33. The first-order valence-corrected chi connectivity index (χ1v) is 10.4. The molecule has 0 heterocycles. The second kappa shape index (κ2) is 21.2. The van der Waals surface area contributed by atoms with Gasteiger partial charge in [-0.3, -0.25) is 0 Å². The zero-order chi connectivity index (χ0) is 20.5. The van der Waals surface area contributed by atoms with Crippen LogP contribution in [0.4, 0.5) is 0 Å². The van der Waals surface area contributed by atoms with Gasteiger partial charge in [0.05, 0.1) is 0 Å². The normalized spacial score (nSPS) is 30.6. The quantitative estimate of drug-likeness (QED) is 0.395. The minimum Gasteiger partial charge on any atom is -0.0845 e. The molecule has 0 aromatic rings. The Kier molecular flexibility index (Phi) is 17.5. The maximum Gasteiger partial charge on any atom is -0.0276 e. The SMILES string of the molecule is [C]1=C/C=C\C=C/C=C\C=C/C=C\C=C/C=C/C=C\C=C/C=C\C=C/CCCCC\1. The molecule has 0 unspecified atom stereocenters. The molecule has 0 aromatic carbocycles. The lowest BCUT2D eigenvalue weighted by atomic mass is 10.1. The topological polar surface area (TPSA) is 0 Å². The molecule has 0 aromatic heterocycles. The molecule has 0 heteroatoms. The van der Waals surface area contributed by atoms with E-state index in [0.29, 0.717) is 0 Å². The van der Waals surface area contributed by atoms with Crippen molar-refractivity contribution in [3.63, 3.8) is 0 Å². The fraction of sp³-hybridized carbons (Fsp3) is 0.172. The van der Waals surface area contributed by atoms with Gasteiger partial charge in [0.15, 0.2) is 0 Å². The van der Waals surface area contributed by atoms with Crippen LogP contribution < -0.4 is 0 Å². The summed E-state index contributed by atoms with van der Waals surface area (Å²) < 4.78 is 0. The Morgan fingerprint density at radius 3 is 1.17 bits per heavy atom. The van der Waals surface area contributed by atoms with Crippen molar-refractivity contribution in [2.45, 2.75) is 32.1 Å². The summed E-state index contributed by atoms with van der Waals surface area (Å²) in [5.74, 6) is 0. The van der Waals surface area contributed by atoms with Crippen molar-refractivity contribution < 1.29 is 0 Å². The molecule has 1 radical (unpaired) electrons. The molecule has 1 aliphatic rings. The fourth-order valence-corrected chi connectivity index (χ4v) is 2.27. The molecule has 0 saturated heterocycles. The Morgan fingerprint density at radius 1 is 0.345 bits per heavy atom. The number of hydrogen-bond donors (Lipinski definition) is 0. The van der Waals surface area contributed by atoms with Crippen molar-refractivity contribution in [2.75, 3.05) is 0 Å². The van der Waals surface area contributed by atoms with Crippen LogP contribution in [0.1, 0.15) is 32.1 Å². The number of hydrogen-bond acceptors (Lipinski definition) is 0. The van der Waals surface area contributed by atoms with E-state index in [1.54, 1.807) is 0 Å². The van der Waals surface area contributed by atoms with Gasteiger partial charge < -0.3 is 0 Å². The lowest BCUT2D eigenvalue weighted by molar-refractivity contribution is 0.691. The van der Waals surface area contributed by atoms with Crippen LogP contribution in [-0.2, 0) is 0 Å². The molecule has 0 N–H and O–H groups in total. The molecule has 0 spiro atoms. The van der Waals surface area contributed by atoms with Gasteiger partial charge in [0.2, 0.25) is 0 Å². The van der Waals surface area contributed by atoms with E-state index in [-0.39, 0.29) is 0 Å². The fourth-order valence-electron chi connectivity index (χ4n) is 2.27. The van der Waals surface area contributed by atoms with Crippen molar-refractivity contribution in [2.24, 2.45) is 0 Å². The Labute approximate surface area is 178 Å². The molecule has 0 amide bonds. The van der Waals surface area contributed by atoms with E-state index >= 15 is 0 Å². The van der Waals surface area contributed by atoms with Gasteiger partial charge in [-0.2, -0.15) is 0 Å². The molecule has 0 bridgehead atoms. The third-order valence-corrected chi connectivity index (χ3v) is 3.76. The van der Waals surface area contributed by atoms with Crippen molar-refractivity contribution >= 4 is 0 Å². The van der Waals surface area contributed by atoms with Crippen LogP contribution >= 0.6 is 0 Å². The third-order valence-electron chi connectivity index (χ3n) is 3.76. The maximum absolute atomic E-state index is 3.33. The van der Waals surface area contributed by atoms with Crippen molar-refractivity contribution in [3.05, 3.63) is 146 Å². The molecule has 1 aliphatic carbocycles. The van der Waals surface area contributed by atoms with Gasteiger partial charge >= 0.3 is 0 Å². The van der Waals surface area contributed by atoms with Crippen LogP contribution in [0.15, 0.2) is 140 Å². The summed E-state index contributed by atoms with van der Waals surface area (Å²) >= 11 is 0. The van der Waals surface area contributed by atoms with Crippen LogP contribution in [0.25, 0.3) is 0 Å². The summed E-state index contributed by atoms with van der Waals surface area (Å²) in [7, 11) is 0. The van der Waals surface area contributed by atoms with Gasteiger partial charge in [0.1, 0.15) is 0 Å². The highest BCUT2D eigenvalue weighted by atomic mass is 13.9. The third kappa shape index (κ3) is 19.4. The second-order valence-corrected chi connectivity index (χ2v) is 6.25. The summed E-state index contributed by atoms with van der Waals surface area (Å²) in [4.78, 5) is 0. The van der Waals surface area contributed by atoms with Gasteiger partial charge in [-0.1, -0.05) is 146 Å². The van der Waals surface area contributed by atoms with Crippen LogP contribution in [0, 0.1) is 6.08 Å². The molecule has 0 aliphatic heterocycles. The van der Waals surface area contributed by atoms with Crippen molar-refractivity contribution in [3.8, 4) is 0 Å². The van der Waals surface area contributed by atoms with Crippen LogP contribution in [0.3, 0.4) is 0 Å². The monoisotopic (exact) mass is 381 g/mol. The van der Waals surface area contributed by atoms with E-state index in [4.69, 9.17) is 0 Å². The highest BCUT2D eigenvalue weighted by Gasteiger charge is 1.85. The Bertz CT molecular complexity index is 671. The van der Waals surface area contributed by atoms with E-state index in [0.717, 1.165) is 12.8 Å². The summed E-state index contributed by atoms with van der Waals surface area (Å²) in [6.45, 7) is 0. The lowest BCUT2D eigenvalue weighted by Gasteiger charge is -1.93. The molecule has 0 nitrogen and oxygen atoms in total. The smallest absolute Gasteiger partial charge is 0.0276 e. The Morgan fingerprint density at radius 2 is 0.724 bits per heavy atom. The summed E-state index contributed by atoms with van der Waals surface area (Å²) in [6.07, 6.45) is 56.0. The highest BCUT2D eigenvalue weighted by Crippen LogP contribution is 2.04. The zero-order valence-corrected chi connectivity index (χ0v) is 17.3. The number of allylic oxidation sites excluding steroid dienone is 24. The minimum absolute atomic E-state index is 1.03. The highest BCUT2D eigenvalue weighted by molar-refractivity contribution is 5.23. The Hall–Kier alpha value is -3.12. The molecule has 0 fully saturated rings.